The van der Waals surface area contributed by atoms with Crippen molar-refractivity contribution < 1.29 is 9.47 Å². The summed E-state index contributed by atoms with van der Waals surface area (Å²) < 4.78 is 10.8. The molecule has 0 saturated heterocycles. The molecule has 0 aromatic heterocycles. The highest BCUT2D eigenvalue weighted by Crippen LogP contribution is 2.31. The molecule has 1 saturated carbocycles. The number of benzene rings is 1. The number of hydrogen-bond acceptors (Lipinski definition) is 2. The minimum atomic E-state index is 0.382. The Balaban J connectivity index is 1.90. The molecule has 1 aromatic carbocycles. The third kappa shape index (κ3) is 2.21. The van der Waals surface area contributed by atoms with Gasteiger partial charge in [-0.05, 0) is 37.1 Å². The fourth-order valence-electron chi connectivity index (χ4n) is 1.44. The third-order valence-corrected chi connectivity index (χ3v) is 3.15. The molecule has 0 spiro atoms. The average molecular weight is 257 g/mol. The number of hydrogen-bond donors (Lipinski definition) is 0. The molecule has 1 aliphatic carbocycles. The summed E-state index contributed by atoms with van der Waals surface area (Å²) in [6, 6.07) is 7.72. The summed E-state index contributed by atoms with van der Waals surface area (Å²) >= 11 is 3.54. The van der Waals surface area contributed by atoms with Crippen molar-refractivity contribution >= 4 is 15.9 Å². The molecule has 0 atom stereocenters. The predicted octanol–water partition coefficient (Wildman–Crippen LogP) is 3.00. The quantitative estimate of drug-likeness (QED) is 0.775. The number of halogens is 1. The maximum absolute atomic E-state index is 5.73. The molecule has 3 heteroatoms. The van der Waals surface area contributed by atoms with E-state index in [1.165, 1.54) is 0 Å². The Morgan fingerprint density at radius 2 is 1.71 bits per heavy atom. The second-order valence-corrected chi connectivity index (χ2v) is 4.78. The van der Waals surface area contributed by atoms with E-state index in [0.29, 0.717) is 10.9 Å². The lowest BCUT2D eigenvalue weighted by atomic mass is 9.96. The van der Waals surface area contributed by atoms with E-state index in [-0.39, 0.29) is 0 Å². The number of ether oxygens (including phenoxy) is 2. The second kappa shape index (κ2) is 4.22. The minimum Gasteiger partial charge on any atom is -0.497 e. The lowest BCUT2D eigenvalue weighted by Gasteiger charge is -2.31. The molecule has 0 aliphatic heterocycles. The van der Waals surface area contributed by atoms with Crippen LogP contribution in [0.4, 0.5) is 0 Å². The van der Waals surface area contributed by atoms with Gasteiger partial charge < -0.3 is 9.47 Å². The van der Waals surface area contributed by atoms with E-state index in [9.17, 15) is 0 Å². The highest BCUT2D eigenvalue weighted by Gasteiger charge is 2.28. The fraction of sp³-hybridized carbons (Fsp3) is 0.455. The Morgan fingerprint density at radius 1 is 1.14 bits per heavy atom. The Morgan fingerprint density at radius 3 is 2.21 bits per heavy atom. The highest BCUT2D eigenvalue weighted by atomic mass is 79.9. The van der Waals surface area contributed by atoms with Crippen LogP contribution in [0.5, 0.6) is 11.5 Å². The molecule has 0 radical (unpaired) electrons. The van der Waals surface area contributed by atoms with Crippen molar-refractivity contribution in [3.63, 3.8) is 0 Å². The van der Waals surface area contributed by atoms with E-state index in [1.807, 2.05) is 24.3 Å². The normalized spacial score (nSPS) is 25.3. The summed E-state index contributed by atoms with van der Waals surface area (Å²) in [6.07, 6.45) is 2.59. The first-order valence-electron chi connectivity index (χ1n) is 4.72. The molecular formula is C11H13BrO2. The first kappa shape index (κ1) is 9.84. The van der Waals surface area contributed by atoms with Crippen molar-refractivity contribution in [2.45, 2.75) is 23.8 Å². The molecule has 1 fully saturated rings. The molecule has 0 amide bonds. The lowest BCUT2D eigenvalue weighted by molar-refractivity contribution is 0.128. The first-order chi connectivity index (χ1) is 6.78. The van der Waals surface area contributed by atoms with Gasteiger partial charge in [-0.15, -0.1) is 0 Å². The molecule has 0 heterocycles. The van der Waals surface area contributed by atoms with Gasteiger partial charge in [0.25, 0.3) is 0 Å². The predicted molar refractivity (Wildman–Crippen MR) is 59.4 cm³/mol. The number of rotatable bonds is 3. The summed E-state index contributed by atoms with van der Waals surface area (Å²) in [6.45, 7) is 0. The zero-order chi connectivity index (χ0) is 9.97. The molecule has 1 aliphatic rings. The molecule has 2 rings (SSSR count). The van der Waals surface area contributed by atoms with Crippen molar-refractivity contribution in [1.82, 2.24) is 0 Å². The van der Waals surface area contributed by atoms with Crippen molar-refractivity contribution in [3.05, 3.63) is 24.3 Å². The van der Waals surface area contributed by atoms with Crippen LogP contribution in [0.2, 0.25) is 0 Å². The Labute approximate surface area is 92.3 Å². The summed E-state index contributed by atoms with van der Waals surface area (Å²) in [4.78, 5) is 0.644. The topological polar surface area (TPSA) is 18.5 Å². The summed E-state index contributed by atoms with van der Waals surface area (Å²) in [5.41, 5.74) is 0. The standard InChI is InChI=1S/C11H13BrO2/c1-13-9-2-4-10(5-3-9)14-11-6-8(12)7-11/h2-5,8,11H,6-7H2,1H3. The number of methoxy groups -OCH3 is 1. The summed E-state index contributed by atoms with van der Waals surface area (Å²) in [5, 5.41) is 0. The molecule has 0 unspecified atom stereocenters. The van der Waals surface area contributed by atoms with E-state index in [2.05, 4.69) is 15.9 Å². The van der Waals surface area contributed by atoms with Crippen LogP contribution >= 0.6 is 15.9 Å². The van der Waals surface area contributed by atoms with Crippen molar-refractivity contribution in [3.8, 4) is 11.5 Å². The Hall–Kier alpha value is -0.700. The highest BCUT2D eigenvalue weighted by molar-refractivity contribution is 9.09. The smallest absolute Gasteiger partial charge is 0.119 e. The molecule has 2 nitrogen and oxygen atoms in total. The van der Waals surface area contributed by atoms with Crippen LogP contribution in [0.1, 0.15) is 12.8 Å². The zero-order valence-electron chi connectivity index (χ0n) is 8.07. The van der Waals surface area contributed by atoms with Crippen LogP contribution in [-0.2, 0) is 0 Å². The summed E-state index contributed by atoms with van der Waals surface area (Å²) in [5.74, 6) is 1.79. The Bertz CT molecular complexity index is 291. The van der Waals surface area contributed by atoms with Gasteiger partial charge >= 0.3 is 0 Å². The van der Waals surface area contributed by atoms with Crippen molar-refractivity contribution in [2.24, 2.45) is 0 Å². The van der Waals surface area contributed by atoms with Crippen LogP contribution in [-0.4, -0.2) is 18.0 Å². The van der Waals surface area contributed by atoms with E-state index in [4.69, 9.17) is 9.47 Å². The Kier molecular flexibility index (Phi) is 2.96. The van der Waals surface area contributed by atoms with E-state index in [0.717, 1.165) is 24.3 Å². The van der Waals surface area contributed by atoms with Crippen LogP contribution in [0, 0.1) is 0 Å². The molecule has 0 bridgehead atoms. The molecule has 14 heavy (non-hydrogen) atoms. The lowest BCUT2D eigenvalue weighted by Crippen LogP contribution is -2.33. The monoisotopic (exact) mass is 256 g/mol. The van der Waals surface area contributed by atoms with Crippen molar-refractivity contribution in [2.75, 3.05) is 7.11 Å². The van der Waals surface area contributed by atoms with Gasteiger partial charge in [0.1, 0.15) is 17.6 Å². The van der Waals surface area contributed by atoms with E-state index >= 15 is 0 Å². The maximum Gasteiger partial charge on any atom is 0.119 e. The number of alkyl halides is 1. The van der Waals surface area contributed by atoms with Gasteiger partial charge in [0, 0.05) is 4.83 Å². The van der Waals surface area contributed by atoms with Gasteiger partial charge in [-0.25, -0.2) is 0 Å². The average Bonchev–Trinajstić information content (AvgIpc) is 2.17. The molecule has 0 N–H and O–H groups in total. The zero-order valence-corrected chi connectivity index (χ0v) is 9.66. The SMILES string of the molecule is COc1ccc(OC2CC(Br)C2)cc1. The van der Waals surface area contributed by atoms with Gasteiger partial charge in [0.2, 0.25) is 0 Å². The van der Waals surface area contributed by atoms with Gasteiger partial charge in [-0.1, -0.05) is 15.9 Å². The van der Waals surface area contributed by atoms with Gasteiger partial charge in [-0.3, -0.25) is 0 Å². The second-order valence-electron chi connectivity index (χ2n) is 3.48. The van der Waals surface area contributed by atoms with Crippen LogP contribution < -0.4 is 9.47 Å². The van der Waals surface area contributed by atoms with E-state index < -0.39 is 0 Å². The van der Waals surface area contributed by atoms with E-state index in [1.54, 1.807) is 7.11 Å². The molecule has 76 valence electrons. The largest absolute Gasteiger partial charge is 0.497 e. The van der Waals surface area contributed by atoms with Crippen LogP contribution in [0.15, 0.2) is 24.3 Å². The van der Waals surface area contributed by atoms with Gasteiger partial charge in [-0.2, -0.15) is 0 Å². The van der Waals surface area contributed by atoms with Crippen LogP contribution in [0.3, 0.4) is 0 Å². The summed E-state index contributed by atoms with van der Waals surface area (Å²) in [7, 11) is 1.66. The van der Waals surface area contributed by atoms with Crippen LogP contribution in [0.25, 0.3) is 0 Å². The van der Waals surface area contributed by atoms with Crippen molar-refractivity contribution in [1.29, 1.82) is 0 Å². The minimum absolute atomic E-state index is 0.382. The molecule has 1 aromatic rings. The third-order valence-electron chi connectivity index (χ3n) is 2.40. The first-order valence-corrected chi connectivity index (χ1v) is 5.64. The van der Waals surface area contributed by atoms with Gasteiger partial charge in [0.05, 0.1) is 7.11 Å². The van der Waals surface area contributed by atoms with Gasteiger partial charge in [0.15, 0.2) is 0 Å². The molecular weight excluding hydrogens is 244 g/mol. The fourth-order valence-corrected chi connectivity index (χ4v) is 2.28. The maximum atomic E-state index is 5.73.